The Morgan fingerprint density at radius 2 is 1.73 bits per heavy atom. The zero-order valence-corrected chi connectivity index (χ0v) is 47.5. The molecule has 438 valence electrons. The number of alkyl halides is 3. The maximum Gasteiger partial charge on any atom is 0.406 e. The number of aliphatic imine (C=N–C) groups is 1. The third-order valence-electron chi connectivity index (χ3n) is 19.3. The number of aromatic nitrogens is 1. The molecular weight excluding hydrogens is 1040 g/mol. The fourth-order valence-corrected chi connectivity index (χ4v) is 14.9. The molecule has 20 heteroatoms. The molecule has 17 nitrogen and oxygen atoms in total. The van der Waals surface area contributed by atoms with Crippen molar-refractivity contribution in [1.82, 2.24) is 45.2 Å². The standard InChI is InChI=1S/C61H81F3N10O7/c1-38(79-4)52-46(28-43(30-66-52)70-22-21-69-23-24-80-33-44(69)32-70)54-47-29-59(2,3)37-81-58(78)48-13-8-18-74(68-48)57(77)49(26-39-9-7-12-41(25-39)42-14-15-51(45(47)27-42)73(54)36-61(62,63)64)67-55(75)53(40-10-5-6-11-40)71-19-16-60(34-71)17-20-72(35-60)56(76)50-31-65-50/h7,9,12,14-15,25,27,30,38,40,43-44,48-50,53,65,68H,5-6,8,10-11,13,16-24,26,28-29,31-37H2,1-4H3,(H,67,75)/t38-,43?,44-,48-,49-,50+,53-,60-/m0/s1. The number of methoxy groups -OCH3 is 1. The predicted molar refractivity (Wildman–Crippen MR) is 301 cm³/mol. The van der Waals surface area contributed by atoms with Crippen molar-refractivity contribution < 1.29 is 46.6 Å². The highest BCUT2D eigenvalue weighted by Gasteiger charge is 2.51. The summed E-state index contributed by atoms with van der Waals surface area (Å²) in [6.07, 6.45) is 4.23. The van der Waals surface area contributed by atoms with Gasteiger partial charge >= 0.3 is 12.1 Å². The van der Waals surface area contributed by atoms with Gasteiger partial charge in [-0.15, -0.1) is 0 Å². The van der Waals surface area contributed by atoms with Gasteiger partial charge in [-0.2, -0.15) is 13.2 Å². The third-order valence-corrected chi connectivity index (χ3v) is 19.3. The second kappa shape index (κ2) is 22.7. The molecule has 9 heterocycles. The van der Waals surface area contributed by atoms with Crippen LogP contribution in [0.25, 0.3) is 27.6 Å². The topological polar surface area (TPSA) is 175 Å². The van der Waals surface area contributed by atoms with E-state index in [1.165, 1.54) is 9.58 Å². The Labute approximate surface area is 473 Å². The highest BCUT2D eigenvalue weighted by Crippen LogP contribution is 2.45. The number of benzene rings is 2. The summed E-state index contributed by atoms with van der Waals surface area (Å²) in [5.74, 6) is -0.798. The average Bonchev–Trinajstić information content (AvgIpc) is 4.00. The lowest BCUT2D eigenvalue weighted by Crippen LogP contribution is -2.62. The molecule has 1 unspecified atom stereocenters. The van der Waals surface area contributed by atoms with Gasteiger partial charge in [-0.1, -0.05) is 57.0 Å². The number of esters is 1. The fraction of sp³-hybridized carbons (Fsp3) is 0.656. The minimum Gasteiger partial charge on any atom is -0.464 e. The lowest BCUT2D eigenvalue weighted by atomic mass is 9.83. The number of morpholine rings is 1. The number of hydrogen-bond acceptors (Lipinski definition) is 13. The number of nitrogens with one attached hydrogen (secondary N) is 3. The number of hydrazine groups is 1. The second-order valence-corrected chi connectivity index (χ2v) is 25.7. The first kappa shape index (κ1) is 56.3. The van der Waals surface area contributed by atoms with E-state index in [2.05, 4.69) is 30.8 Å². The van der Waals surface area contributed by atoms with E-state index in [0.29, 0.717) is 85.5 Å². The molecular formula is C61H81F3N10O7. The number of likely N-dealkylation sites (tertiary alicyclic amines) is 2. The summed E-state index contributed by atoms with van der Waals surface area (Å²) in [5.41, 5.74) is 7.55. The summed E-state index contributed by atoms with van der Waals surface area (Å²) < 4.78 is 65.3. The van der Waals surface area contributed by atoms with E-state index in [0.717, 1.165) is 101 Å². The molecule has 3 aromatic rings. The van der Waals surface area contributed by atoms with E-state index in [-0.39, 0.29) is 66.6 Å². The van der Waals surface area contributed by atoms with Gasteiger partial charge in [0.2, 0.25) is 11.8 Å². The van der Waals surface area contributed by atoms with Crippen molar-refractivity contribution in [3.8, 4) is 11.1 Å². The van der Waals surface area contributed by atoms with Gasteiger partial charge in [-0.3, -0.25) is 43.9 Å². The zero-order valence-electron chi connectivity index (χ0n) is 47.5. The number of carbonyl (C=O) groups excluding carboxylic acids is 4. The zero-order chi connectivity index (χ0) is 56.4. The number of amides is 3. The van der Waals surface area contributed by atoms with Crippen LogP contribution in [-0.4, -0.2) is 200 Å². The van der Waals surface area contributed by atoms with E-state index < -0.39 is 48.3 Å². The van der Waals surface area contributed by atoms with Gasteiger partial charge in [0.15, 0.2) is 0 Å². The maximum absolute atomic E-state index is 15.3. The molecule has 2 aromatic carbocycles. The Morgan fingerprint density at radius 3 is 2.52 bits per heavy atom. The minimum atomic E-state index is -4.59. The van der Waals surface area contributed by atoms with E-state index in [1.54, 1.807) is 13.2 Å². The van der Waals surface area contributed by atoms with Crippen LogP contribution < -0.4 is 16.1 Å². The SMILES string of the molecule is CO[C@@H](C)C1=C(c2c3c4cc(ccc4n2CC(F)(F)F)-c2cccc(c2)C[C@H](NC(=O)[C@H](C2CCCC2)N2CC[C@]4(CCN(C(=O)[C@H]5CN5)C4)C2)C(=O)N2CCC[C@H](N2)C(=O)OCC(C)(C)C3)CC(N2CCN3CCOC[C@@H]3C2)C=N1. The van der Waals surface area contributed by atoms with Gasteiger partial charge in [-0.25, -0.2) is 5.43 Å². The Hall–Kier alpha value is -5.22. The van der Waals surface area contributed by atoms with Crippen molar-refractivity contribution in [2.75, 3.05) is 92.4 Å². The summed E-state index contributed by atoms with van der Waals surface area (Å²) in [6.45, 7) is 13.0. The van der Waals surface area contributed by atoms with Gasteiger partial charge < -0.3 is 34.3 Å². The van der Waals surface area contributed by atoms with Crippen LogP contribution in [0.15, 0.2) is 53.2 Å². The lowest BCUT2D eigenvalue weighted by molar-refractivity contribution is -0.155. The first-order chi connectivity index (χ1) is 38.9. The van der Waals surface area contributed by atoms with Crippen molar-refractivity contribution in [1.29, 1.82) is 0 Å². The Morgan fingerprint density at radius 1 is 0.938 bits per heavy atom. The summed E-state index contributed by atoms with van der Waals surface area (Å²) >= 11 is 0. The Balaban J connectivity index is 0.913. The number of halogens is 3. The summed E-state index contributed by atoms with van der Waals surface area (Å²) in [7, 11) is 1.59. The number of cyclic esters (lactones) is 1. The maximum atomic E-state index is 15.3. The van der Waals surface area contributed by atoms with Gasteiger partial charge in [0.25, 0.3) is 5.91 Å². The van der Waals surface area contributed by atoms with Crippen LogP contribution >= 0.6 is 0 Å². The van der Waals surface area contributed by atoms with Crippen LogP contribution in [0, 0.1) is 16.7 Å². The molecule has 1 aromatic heterocycles. The highest BCUT2D eigenvalue weighted by molar-refractivity contribution is 5.96. The van der Waals surface area contributed by atoms with E-state index >= 15 is 22.8 Å². The van der Waals surface area contributed by atoms with Crippen LogP contribution in [0.5, 0.6) is 0 Å². The fourth-order valence-electron chi connectivity index (χ4n) is 14.9. The Bertz CT molecular complexity index is 2950. The molecule has 3 amide bonds. The minimum absolute atomic E-state index is 0.0505. The first-order valence-electron chi connectivity index (χ1n) is 29.9. The van der Waals surface area contributed by atoms with Gasteiger partial charge in [0.05, 0.1) is 49.4 Å². The van der Waals surface area contributed by atoms with Crippen molar-refractivity contribution in [3.63, 3.8) is 0 Å². The number of nitrogens with zero attached hydrogens (tertiary/aromatic N) is 7. The van der Waals surface area contributed by atoms with E-state index in [1.807, 2.05) is 68.3 Å². The molecule has 6 bridgehead atoms. The molecule has 7 fully saturated rings. The number of rotatable bonds is 10. The molecule has 81 heavy (non-hydrogen) atoms. The van der Waals surface area contributed by atoms with Crippen molar-refractivity contribution in [2.45, 2.75) is 146 Å². The van der Waals surface area contributed by atoms with Gasteiger partial charge in [0, 0.05) is 118 Å². The molecule has 9 aliphatic rings. The molecule has 8 aliphatic heterocycles. The van der Waals surface area contributed by atoms with Crippen LogP contribution in [0.3, 0.4) is 0 Å². The summed E-state index contributed by atoms with van der Waals surface area (Å²) in [4.78, 5) is 72.0. The molecule has 1 spiro atoms. The highest BCUT2D eigenvalue weighted by atomic mass is 19.4. The average molecular weight is 1120 g/mol. The summed E-state index contributed by atoms with van der Waals surface area (Å²) in [6, 6.07) is 11.1. The second-order valence-electron chi connectivity index (χ2n) is 25.7. The Kier molecular flexibility index (Phi) is 15.8. The van der Waals surface area contributed by atoms with E-state index in [9.17, 15) is 9.59 Å². The number of piperazine rings is 1. The van der Waals surface area contributed by atoms with Crippen LogP contribution in [0.2, 0.25) is 0 Å². The molecule has 0 radical (unpaired) electrons. The van der Waals surface area contributed by atoms with E-state index in [4.69, 9.17) is 19.2 Å². The molecule has 1 saturated carbocycles. The third kappa shape index (κ3) is 11.9. The van der Waals surface area contributed by atoms with Gasteiger partial charge in [0.1, 0.15) is 18.6 Å². The predicted octanol–water partition coefficient (Wildman–Crippen LogP) is 5.58. The molecule has 1 aliphatic carbocycles. The van der Waals surface area contributed by atoms with Crippen LogP contribution in [0.4, 0.5) is 13.2 Å². The molecule has 8 atom stereocenters. The normalized spacial score (nSPS) is 29.7. The van der Waals surface area contributed by atoms with Crippen molar-refractivity contribution in [3.05, 3.63) is 65.0 Å². The monoisotopic (exact) mass is 1120 g/mol. The summed E-state index contributed by atoms with van der Waals surface area (Å²) in [5, 5.41) is 8.60. The largest absolute Gasteiger partial charge is 0.464 e. The molecule has 12 rings (SSSR count). The number of ether oxygens (including phenoxy) is 3. The van der Waals surface area contributed by atoms with Crippen molar-refractivity contribution >= 4 is 46.4 Å². The first-order valence-corrected chi connectivity index (χ1v) is 29.9. The lowest BCUT2D eigenvalue weighted by Gasteiger charge is -2.46. The quantitative estimate of drug-likeness (QED) is 0.170. The van der Waals surface area contributed by atoms with Crippen molar-refractivity contribution in [2.24, 2.45) is 21.7 Å². The molecule has 6 saturated heterocycles. The van der Waals surface area contributed by atoms with Gasteiger partial charge in [-0.05, 0) is 105 Å². The number of carbonyl (C=O) groups is 4. The number of fused-ring (bicyclic) bond motifs is 7. The molecule has 3 N–H and O–H groups in total. The van der Waals surface area contributed by atoms with Crippen LogP contribution in [-0.2, 0) is 52.8 Å². The number of hydrogen-bond donors (Lipinski definition) is 3. The smallest absolute Gasteiger partial charge is 0.406 e. The van der Waals surface area contributed by atoms with Crippen LogP contribution in [0.1, 0.15) is 95.4 Å².